The Hall–Kier alpha value is -1.79. The first-order valence-corrected chi connectivity index (χ1v) is 9.84. The lowest BCUT2D eigenvalue weighted by atomic mass is 9.79. The minimum absolute atomic E-state index is 0.0573. The maximum absolute atomic E-state index is 12.7. The fourth-order valence-electron chi connectivity index (χ4n) is 4.33. The first kappa shape index (κ1) is 20.0. The number of piperidine rings is 1. The van der Waals surface area contributed by atoms with Gasteiger partial charge in [0.1, 0.15) is 0 Å². The van der Waals surface area contributed by atoms with E-state index in [-0.39, 0.29) is 11.5 Å². The van der Waals surface area contributed by atoms with Crippen LogP contribution in [0.2, 0.25) is 0 Å². The molecular formula is C21H32N2O4. The molecule has 1 saturated heterocycles. The van der Waals surface area contributed by atoms with Crippen molar-refractivity contribution < 1.29 is 19.0 Å². The number of nitrogens with zero attached hydrogens (tertiary/aromatic N) is 1. The fraction of sp³-hybridized carbons (Fsp3) is 0.667. The summed E-state index contributed by atoms with van der Waals surface area (Å²) in [6.07, 6.45) is 3.13. The number of benzene rings is 1. The van der Waals surface area contributed by atoms with E-state index in [0.29, 0.717) is 25.6 Å². The van der Waals surface area contributed by atoms with E-state index in [4.69, 9.17) is 19.9 Å². The van der Waals surface area contributed by atoms with Gasteiger partial charge in [-0.2, -0.15) is 0 Å². The molecule has 2 N–H and O–H groups in total. The van der Waals surface area contributed by atoms with Gasteiger partial charge in [0.05, 0.1) is 32.5 Å². The second kappa shape index (κ2) is 8.07. The molecule has 6 heteroatoms. The highest BCUT2D eigenvalue weighted by Gasteiger charge is 2.42. The molecular weight excluding hydrogens is 344 g/mol. The van der Waals surface area contributed by atoms with Gasteiger partial charge in [-0.15, -0.1) is 0 Å². The Kier molecular flexibility index (Phi) is 5.96. The predicted octanol–water partition coefficient (Wildman–Crippen LogP) is 2.47. The predicted molar refractivity (Wildman–Crippen MR) is 104 cm³/mol. The molecule has 150 valence electrons. The van der Waals surface area contributed by atoms with E-state index in [2.05, 4.69) is 26.0 Å². The standard InChI is InChI=1S/C21H32N2O4/c1-14(2)11-17(22)20(24)23-8-6-21(7-9-23)16-13-19(26-4)18(25-3)12-15(16)5-10-27-21/h12-14,17H,5-11,22H2,1-4H3/t17-/m0/s1. The topological polar surface area (TPSA) is 74.0 Å². The molecule has 1 atom stereocenters. The smallest absolute Gasteiger partial charge is 0.239 e. The maximum atomic E-state index is 12.7. The van der Waals surface area contributed by atoms with Crippen LogP contribution in [0.1, 0.15) is 44.2 Å². The number of rotatable bonds is 5. The van der Waals surface area contributed by atoms with E-state index in [1.165, 1.54) is 11.1 Å². The van der Waals surface area contributed by atoms with E-state index < -0.39 is 6.04 Å². The number of methoxy groups -OCH3 is 2. The third-order valence-corrected chi connectivity index (χ3v) is 5.78. The molecule has 0 aliphatic carbocycles. The molecule has 0 unspecified atom stereocenters. The van der Waals surface area contributed by atoms with E-state index in [0.717, 1.165) is 37.2 Å². The summed E-state index contributed by atoms with van der Waals surface area (Å²) in [6, 6.07) is 3.70. The van der Waals surface area contributed by atoms with Gasteiger partial charge in [0, 0.05) is 13.1 Å². The largest absolute Gasteiger partial charge is 0.493 e. The van der Waals surface area contributed by atoms with E-state index in [9.17, 15) is 4.79 Å². The van der Waals surface area contributed by atoms with Crippen LogP contribution in [-0.2, 0) is 21.6 Å². The SMILES string of the molecule is COc1cc2c(cc1OC)C1(CCN(C(=O)[C@@H](N)CC(C)C)CC1)OCC2. The number of likely N-dealkylation sites (tertiary alicyclic amines) is 1. The fourth-order valence-corrected chi connectivity index (χ4v) is 4.33. The molecule has 2 aliphatic rings. The monoisotopic (exact) mass is 376 g/mol. The summed E-state index contributed by atoms with van der Waals surface area (Å²) in [4.78, 5) is 14.6. The summed E-state index contributed by atoms with van der Waals surface area (Å²) in [5.41, 5.74) is 8.17. The minimum Gasteiger partial charge on any atom is -0.493 e. The summed E-state index contributed by atoms with van der Waals surface area (Å²) in [7, 11) is 3.31. The van der Waals surface area contributed by atoms with Crippen LogP contribution >= 0.6 is 0 Å². The number of hydrogen-bond acceptors (Lipinski definition) is 5. The molecule has 0 bridgehead atoms. The zero-order valence-corrected chi connectivity index (χ0v) is 16.9. The Morgan fingerprint density at radius 2 is 1.85 bits per heavy atom. The normalized spacial score (nSPS) is 19.7. The molecule has 2 heterocycles. The summed E-state index contributed by atoms with van der Waals surface area (Å²) in [5, 5.41) is 0. The number of hydrogen-bond donors (Lipinski definition) is 1. The molecule has 1 aromatic carbocycles. The quantitative estimate of drug-likeness (QED) is 0.855. The minimum atomic E-state index is -0.414. The summed E-state index contributed by atoms with van der Waals surface area (Å²) in [5.74, 6) is 1.94. The Bertz CT molecular complexity index is 681. The number of fused-ring (bicyclic) bond motifs is 2. The van der Waals surface area contributed by atoms with Crippen LogP contribution in [-0.4, -0.2) is 50.8 Å². The van der Waals surface area contributed by atoms with Gasteiger partial charge in [0.15, 0.2) is 11.5 Å². The summed E-state index contributed by atoms with van der Waals surface area (Å²) >= 11 is 0. The van der Waals surface area contributed by atoms with Crippen molar-refractivity contribution in [2.75, 3.05) is 33.9 Å². The van der Waals surface area contributed by atoms with Crippen molar-refractivity contribution in [1.82, 2.24) is 4.90 Å². The van der Waals surface area contributed by atoms with Gasteiger partial charge < -0.3 is 24.8 Å². The Labute approximate surface area is 161 Å². The van der Waals surface area contributed by atoms with E-state index in [1.54, 1.807) is 14.2 Å². The van der Waals surface area contributed by atoms with Crippen LogP contribution in [0.3, 0.4) is 0 Å². The van der Waals surface area contributed by atoms with Gasteiger partial charge in [0.25, 0.3) is 0 Å². The van der Waals surface area contributed by atoms with Crippen LogP contribution in [0.4, 0.5) is 0 Å². The first-order chi connectivity index (χ1) is 12.9. The Morgan fingerprint density at radius 1 is 1.22 bits per heavy atom. The molecule has 2 aliphatic heterocycles. The molecule has 6 nitrogen and oxygen atoms in total. The average Bonchev–Trinajstić information content (AvgIpc) is 2.67. The second-order valence-electron chi connectivity index (χ2n) is 8.02. The van der Waals surface area contributed by atoms with Crippen molar-refractivity contribution in [2.45, 2.75) is 51.2 Å². The molecule has 0 saturated carbocycles. The lowest BCUT2D eigenvalue weighted by Gasteiger charge is -2.45. The van der Waals surface area contributed by atoms with Crippen molar-refractivity contribution in [3.8, 4) is 11.5 Å². The maximum Gasteiger partial charge on any atom is 0.239 e. The summed E-state index contributed by atoms with van der Waals surface area (Å²) in [6.45, 7) is 6.19. The van der Waals surface area contributed by atoms with Crippen molar-refractivity contribution in [1.29, 1.82) is 0 Å². The highest BCUT2D eigenvalue weighted by molar-refractivity contribution is 5.81. The number of nitrogens with two attached hydrogens (primary N) is 1. The number of carbonyl (C=O) groups is 1. The van der Waals surface area contributed by atoms with Gasteiger partial charge in [-0.3, -0.25) is 4.79 Å². The van der Waals surface area contributed by atoms with Crippen LogP contribution < -0.4 is 15.2 Å². The highest BCUT2D eigenvalue weighted by Crippen LogP contribution is 2.45. The third kappa shape index (κ3) is 3.92. The van der Waals surface area contributed by atoms with Gasteiger partial charge in [-0.25, -0.2) is 0 Å². The van der Waals surface area contributed by atoms with E-state index in [1.807, 2.05) is 4.90 Å². The molecule has 1 fully saturated rings. The third-order valence-electron chi connectivity index (χ3n) is 5.78. The van der Waals surface area contributed by atoms with Crippen molar-refractivity contribution in [3.05, 3.63) is 23.3 Å². The molecule has 1 spiro atoms. The summed E-state index contributed by atoms with van der Waals surface area (Å²) < 4.78 is 17.2. The molecule has 1 aromatic rings. The molecule has 0 aromatic heterocycles. The molecule has 3 rings (SSSR count). The van der Waals surface area contributed by atoms with E-state index >= 15 is 0 Å². The zero-order chi connectivity index (χ0) is 19.6. The second-order valence-corrected chi connectivity index (χ2v) is 8.02. The highest BCUT2D eigenvalue weighted by atomic mass is 16.5. The lowest BCUT2D eigenvalue weighted by Crippen LogP contribution is -2.52. The van der Waals surface area contributed by atoms with Crippen LogP contribution in [0.5, 0.6) is 11.5 Å². The van der Waals surface area contributed by atoms with Crippen LogP contribution in [0.25, 0.3) is 0 Å². The number of ether oxygens (including phenoxy) is 3. The Morgan fingerprint density at radius 3 is 2.44 bits per heavy atom. The van der Waals surface area contributed by atoms with Crippen molar-refractivity contribution >= 4 is 5.91 Å². The van der Waals surface area contributed by atoms with Gasteiger partial charge >= 0.3 is 0 Å². The first-order valence-electron chi connectivity index (χ1n) is 9.84. The van der Waals surface area contributed by atoms with Crippen LogP contribution in [0.15, 0.2) is 12.1 Å². The Balaban J connectivity index is 1.78. The van der Waals surface area contributed by atoms with Crippen LogP contribution in [0, 0.1) is 5.92 Å². The molecule has 0 radical (unpaired) electrons. The average molecular weight is 376 g/mol. The van der Waals surface area contributed by atoms with Gasteiger partial charge in [-0.1, -0.05) is 13.8 Å². The lowest BCUT2D eigenvalue weighted by molar-refractivity contribution is -0.142. The number of carbonyl (C=O) groups excluding carboxylic acids is 1. The molecule has 1 amide bonds. The van der Waals surface area contributed by atoms with Crippen molar-refractivity contribution in [3.63, 3.8) is 0 Å². The number of amides is 1. The van der Waals surface area contributed by atoms with Gasteiger partial charge in [-0.05, 0) is 54.9 Å². The molecule has 27 heavy (non-hydrogen) atoms. The van der Waals surface area contributed by atoms with Crippen molar-refractivity contribution in [2.24, 2.45) is 11.7 Å². The van der Waals surface area contributed by atoms with Gasteiger partial charge in [0.2, 0.25) is 5.91 Å². The zero-order valence-electron chi connectivity index (χ0n) is 16.9.